The van der Waals surface area contributed by atoms with Gasteiger partial charge in [0.2, 0.25) is 0 Å². The first-order valence-electron chi connectivity index (χ1n) is 8.88. The molecule has 0 unspecified atom stereocenters. The van der Waals surface area contributed by atoms with Crippen molar-refractivity contribution in [3.05, 3.63) is 47.1 Å². The third kappa shape index (κ3) is 5.47. The summed E-state index contributed by atoms with van der Waals surface area (Å²) in [6, 6.07) is 3.40. The zero-order chi connectivity index (χ0) is 22.8. The number of carbonyl (C=O) groups is 1. The molecule has 0 aliphatic rings. The van der Waals surface area contributed by atoms with Gasteiger partial charge in [0.15, 0.2) is 11.6 Å². The van der Waals surface area contributed by atoms with Crippen molar-refractivity contribution in [3.63, 3.8) is 0 Å². The normalized spacial score (nSPS) is 12.3. The minimum atomic E-state index is -3.72. The number of nitrogens with zero attached hydrogens (tertiary/aromatic N) is 5. The van der Waals surface area contributed by atoms with E-state index in [0.717, 1.165) is 6.26 Å². The molecule has 0 saturated carbocycles. The highest BCUT2D eigenvalue weighted by Crippen LogP contribution is 2.28. The summed E-state index contributed by atoms with van der Waals surface area (Å²) in [5.41, 5.74) is 1.26. The van der Waals surface area contributed by atoms with Crippen LogP contribution in [0.4, 0.5) is 10.6 Å². The van der Waals surface area contributed by atoms with Crippen molar-refractivity contribution in [2.75, 3.05) is 11.6 Å². The van der Waals surface area contributed by atoms with Crippen molar-refractivity contribution < 1.29 is 22.1 Å². The molecule has 0 fully saturated rings. The van der Waals surface area contributed by atoms with Gasteiger partial charge in [-0.25, -0.2) is 19.7 Å². The second-order valence-electron chi connectivity index (χ2n) is 6.52. The fourth-order valence-corrected chi connectivity index (χ4v) is 3.39. The number of aryl methyl sites for hydroxylation is 2. The van der Waals surface area contributed by atoms with Crippen LogP contribution in [0.1, 0.15) is 24.3 Å². The van der Waals surface area contributed by atoms with Gasteiger partial charge in [-0.2, -0.15) is 13.5 Å². The summed E-state index contributed by atoms with van der Waals surface area (Å²) in [4.78, 5) is 24.8. The topological polar surface area (TPSA) is 138 Å². The quantitative estimate of drug-likeness (QED) is 0.429. The molecule has 0 aromatic carbocycles. The van der Waals surface area contributed by atoms with Crippen LogP contribution in [0.5, 0.6) is 5.75 Å². The van der Waals surface area contributed by atoms with Crippen LogP contribution >= 0.6 is 11.6 Å². The van der Waals surface area contributed by atoms with Crippen LogP contribution in [0.2, 0.25) is 5.15 Å². The number of aromatic nitrogens is 5. The number of amides is 1. The van der Waals surface area contributed by atoms with Gasteiger partial charge in [-0.1, -0.05) is 17.7 Å². The van der Waals surface area contributed by atoms with Crippen molar-refractivity contribution in [1.29, 1.82) is 0 Å². The number of carbonyl (C=O) groups excluding carboxylic acids is 1. The van der Waals surface area contributed by atoms with E-state index in [9.17, 15) is 13.2 Å². The Balaban J connectivity index is 1.80. The Morgan fingerprint density at radius 1 is 1.29 bits per heavy atom. The van der Waals surface area contributed by atoms with Crippen LogP contribution in [-0.4, -0.2) is 45.5 Å². The number of pyridine rings is 1. The minimum Gasteiger partial charge on any atom is -0.441 e. The van der Waals surface area contributed by atoms with Gasteiger partial charge in [-0.05, 0) is 19.9 Å². The first-order chi connectivity index (χ1) is 14.5. The number of rotatable bonds is 6. The second-order valence-corrected chi connectivity index (χ2v) is 8.45. The molecule has 3 aromatic rings. The van der Waals surface area contributed by atoms with E-state index in [4.69, 9.17) is 20.5 Å². The third-order valence-electron chi connectivity index (χ3n) is 4.09. The van der Waals surface area contributed by atoms with Gasteiger partial charge in [-0.3, -0.25) is 10.00 Å². The maximum absolute atomic E-state index is 12.5. The van der Waals surface area contributed by atoms with Crippen molar-refractivity contribution in [2.24, 2.45) is 7.05 Å². The van der Waals surface area contributed by atoms with Gasteiger partial charge >= 0.3 is 16.2 Å². The number of hydrogen-bond acceptors (Lipinski definition) is 9. The monoisotopic (exact) mass is 466 g/mol. The lowest BCUT2D eigenvalue weighted by Crippen LogP contribution is -2.18. The Morgan fingerprint density at radius 3 is 2.68 bits per heavy atom. The summed E-state index contributed by atoms with van der Waals surface area (Å²) in [7, 11) is -2.10. The molecule has 3 heterocycles. The molecule has 11 nitrogen and oxygen atoms in total. The van der Waals surface area contributed by atoms with Crippen LogP contribution in [0, 0.1) is 6.92 Å². The van der Waals surface area contributed by atoms with E-state index >= 15 is 0 Å². The SMILES string of the molecule is Cc1nc(-c2cnn(C)c2NC(=O)O[C@H](C)c2cccnc2Cl)ncc1OS(C)(=O)=O. The number of halogens is 1. The molecule has 0 aliphatic heterocycles. The molecule has 1 atom stereocenters. The third-order valence-corrected chi connectivity index (χ3v) is 4.88. The lowest BCUT2D eigenvalue weighted by atomic mass is 10.2. The fourth-order valence-electron chi connectivity index (χ4n) is 2.63. The zero-order valence-electron chi connectivity index (χ0n) is 17.0. The molecule has 0 saturated heterocycles. The highest BCUT2D eigenvalue weighted by Gasteiger charge is 2.21. The van der Waals surface area contributed by atoms with E-state index in [2.05, 4.69) is 25.4 Å². The first kappa shape index (κ1) is 22.4. The summed E-state index contributed by atoms with van der Waals surface area (Å²) in [6.45, 7) is 3.24. The van der Waals surface area contributed by atoms with Gasteiger partial charge in [0.1, 0.15) is 17.1 Å². The van der Waals surface area contributed by atoms with Crippen LogP contribution in [0.3, 0.4) is 0 Å². The Kier molecular flexibility index (Phi) is 6.41. The Bertz CT molecular complexity index is 1230. The van der Waals surface area contributed by atoms with Gasteiger partial charge in [0.25, 0.3) is 0 Å². The molecule has 3 rings (SSSR count). The molecule has 1 N–H and O–H groups in total. The minimum absolute atomic E-state index is 0.00577. The zero-order valence-corrected chi connectivity index (χ0v) is 18.6. The fraction of sp³-hybridized carbons (Fsp3) is 0.278. The van der Waals surface area contributed by atoms with Gasteiger partial charge in [0.05, 0.1) is 29.9 Å². The lowest BCUT2D eigenvalue weighted by Gasteiger charge is -2.15. The second kappa shape index (κ2) is 8.86. The highest BCUT2D eigenvalue weighted by atomic mass is 35.5. The van der Waals surface area contributed by atoms with E-state index in [-0.39, 0.29) is 22.5 Å². The average Bonchev–Trinajstić information content (AvgIpc) is 3.03. The number of ether oxygens (including phenoxy) is 1. The Labute approximate surface area is 183 Å². The summed E-state index contributed by atoms with van der Waals surface area (Å²) in [5.74, 6) is 0.502. The molecule has 0 spiro atoms. The van der Waals surface area contributed by atoms with E-state index < -0.39 is 22.3 Å². The highest BCUT2D eigenvalue weighted by molar-refractivity contribution is 7.86. The molecular weight excluding hydrogens is 448 g/mol. The van der Waals surface area contributed by atoms with E-state index in [1.807, 2.05) is 0 Å². The predicted molar refractivity (Wildman–Crippen MR) is 112 cm³/mol. The predicted octanol–water partition coefficient (Wildman–Crippen LogP) is 2.88. The molecule has 3 aromatic heterocycles. The van der Waals surface area contributed by atoms with Crippen molar-refractivity contribution >= 4 is 33.6 Å². The van der Waals surface area contributed by atoms with E-state index in [1.54, 1.807) is 33.0 Å². The van der Waals surface area contributed by atoms with E-state index in [1.165, 1.54) is 23.3 Å². The maximum Gasteiger partial charge on any atom is 0.413 e. The standard InChI is InChI=1S/C18H19ClN6O5S/c1-10-14(30-31(4,27)28)9-21-16(23-10)13-8-22-25(3)17(13)24-18(26)29-11(2)12-6-5-7-20-15(12)19/h5-9,11H,1-4H3,(H,24,26)/t11-/m1/s1. The summed E-state index contributed by atoms with van der Waals surface area (Å²) >= 11 is 6.04. The van der Waals surface area contributed by atoms with E-state index in [0.29, 0.717) is 16.8 Å². The molecule has 0 bridgehead atoms. The number of nitrogens with one attached hydrogen (secondary N) is 1. The van der Waals surface area contributed by atoms with Gasteiger partial charge < -0.3 is 8.92 Å². The summed E-state index contributed by atoms with van der Waals surface area (Å²) in [6.07, 6.45) is 3.77. The largest absolute Gasteiger partial charge is 0.441 e. The maximum atomic E-state index is 12.5. The summed E-state index contributed by atoms with van der Waals surface area (Å²) in [5, 5.41) is 6.98. The molecule has 1 amide bonds. The molecular formula is C18H19ClN6O5S. The Hall–Kier alpha value is -3.25. The molecule has 13 heteroatoms. The van der Waals surface area contributed by atoms with Crippen molar-refractivity contribution in [2.45, 2.75) is 20.0 Å². The summed E-state index contributed by atoms with van der Waals surface area (Å²) < 4.78 is 34.3. The van der Waals surface area contributed by atoms with Crippen LogP contribution < -0.4 is 9.50 Å². The van der Waals surface area contributed by atoms with Gasteiger partial charge in [0, 0.05) is 18.8 Å². The first-order valence-corrected chi connectivity index (χ1v) is 11.1. The molecule has 0 aliphatic carbocycles. The average molecular weight is 467 g/mol. The van der Waals surface area contributed by atoms with Crippen molar-refractivity contribution in [3.8, 4) is 17.1 Å². The molecule has 0 radical (unpaired) electrons. The van der Waals surface area contributed by atoms with Crippen LogP contribution in [0.15, 0.2) is 30.7 Å². The Morgan fingerprint density at radius 2 is 2.03 bits per heavy atom. The smallest absolute Gasteiger partial charge is 0.413 e. The molecule has 31 heavy (non-hydrogen) atoms. The lowest BCUT2D eigenvalue weighted by molar-refractivity contribution is 0.121. The van der Waals surface area contributed by atoms with Crippen LogP contribution in [-0.2, 0) is 21.9 Å². The van der Waals surface area contributed by atoms with Crippen molar-refractivity contribution in [1.82, 2.24) is 24.7 Å². The number of hydrogen-bond donors (Lipinski definition) is 1. The number of anilines is 1. The molecule has 164 valence electrons. The van der Waals surface area contributed by atoms with Gasteiger partial charge in [-0.15, -0.1) is 0 Å². The van der Waals surface area contributed by atoms with Crippen LogP contribution in [0.25, 0.3) is 11.4 Å².